The molecule has 20 heavy (non-hydrogen) atoms. The minimum absolute atomic E-state index is 0.00504. The number of nitrogens with one attached hydrogen (secondary N) is 1. The molecular weight excluding hydrogens is 252 g/mol. The Morgan fingerprint density at radius 3 is 2.70 bits per heavy atom. The number of hydrogen-bond donors (Lipinski definition) is 1. The van der Waals surface area contributed by atoms with E-state index in [1.54, 1.807) is 10.9 Å². The van der Waals surface area contributed by atoms with E-state index in [-0.39, 0.29) is 11.9 Å². The Hall–Kier alpha value is -1.36. The van der Waals surface area contributed by atoms with Gasteiger partial charge in [0.1, 0.15) is 0 Å². The largest absolute Gasteiger partial charge is 0.349 e. The van der Waals surface area contributed by atoms with Gasteiger partial charge in [-0.2, -0.15) is 5.10 Å². The Bertz CT molecular complexity index is 480. The highest BCUT2D eigenvalue weighted by atomic mass is 16.1. The van der Waals surface area contributed by atoms with Crippen molar-refractivity contribution in [2.45, 2.75) is 46.2 Å². The third kappa shape index (κ3) is 3.03. The molecule has 1 aliphatic heterocycles. The van der Waals surface area contributed by atoms with Crippen molar-refractivity contribution in [2.24, 2.45) is 13.0 Å². The lowest BCUT2D eigenvalue weighted by Gasteiger charge is -2.39. The van der Waals surface area contributed by atoms with Gasteiger partial charge in [-0.3, -0.25) is 9.48 Å². The smallest absolute Gasteiger partial charge is 0.254 e. The van der Waals surface area contributed by atoms with Crippen LogP contribution in [0.15, 0.2) is 6.20 Å². The highest BCUT2D eigenvalue weighted by molar-refractivity contribution is 5.95. The van der Waals surface area contributed by atoms with Crippen molar-refractivity contribution in [1.82, 2.24) is 20.0 Å². The average molecular weight is 278 g/mol. The van der Waals surface area contributed by atoms with Crippen molar-refractivity contribution in [3.8, 4) is 0 Å². The highest BCUT2D eigenvalue weighted by Gasteiger charge is 2.29. The van der Waals surface area contributed by atoms with Crippen LogP contribution in [-0.2, 0) is 7.05 Å². The van der Waals surface area contributed by atoms with Gasteiger partial charge in [0.15, 0.2) is 0 Å². The number of carbonyl (C=O) groups is 1. The number of amides is 1. The number of aryl methyl sites for hydroxylation is 1. The zero-order valence-corrected chi connectivity index (χ0v) is 13.2. The molecule has 0 aliphatic carbocycles. The van der Waals surface area contributed by atoms with Crippen molar-refractivity contribution in [2.75, 3.05) is 13.1 Å². The van der Waals surface area contributed by atoms with Crippen molar-refractivity contribution in [3.63, 3.8) is 0 Å². The Labute approximate surface area is 121 Å². The van der Waals surface area contributed by atoms with E-state index in [1.165, 1.54) is 0 Å². The van der Waals surface area contributed by atoms with E-state index in [0.29, 0.717) is 17.5 Å². The first kappa shape index (κ1) is 15.0. The molecular formula is C15H26N4O. The molecule has 0 radical (unpaired) electrons. The van der Waals surface area contributed by atoms with Crippen LogP contribution in [0.2, 0.25) is 0 Å². The standard InChI is InChI=1S/C15H26N4O/c1-10(2)19-7-6-14(11(3)9-19)17-15(20)13-8-16-18(5)12(13)4/h8,10-11,14H,6-7,9H2,1-5H3,(H,17,20). The van der Waals surface area contributed by atoms with Gasteiger partial charge in [-0.15, -0.1) is 0 Å². The molecule has 5 heteroatoms. The lowest BCUT2D eigenvalue weighted by molar-refractivity contribution is 0.0831. The second-order valence-electron chi connectivity index (χ2n) is 6.20. The van der Waals surface area contributed by atoms with Gasteiger partial charge in [0.05, 0.1) is 11.8 Å². The van der Waals surface area contributed by atoms with Crippen LogP contribution in [-0.4, -0.2) is 45.8 Å². The zero-order chi connectivity index (χ0) is 14.9. The van der Waals surface area contributed by atoms with Crippen molar-refractivity contribution < 1.29 is 4.79 Å². The summed E-state index contributed by atoms with van der Waals surface area (Å²) in [7, 11) is 1.86. The fraction of sp³-hybridized carbons (Fsp3) is 0.733. The molecule has 0 aromatic carbocycles. The van der Waals surface area contributed by atoms with Gasteiger partial charge in [0.2, 0.25) is 0 Å². The minimum Gasteiger partial charge on any atom is -0.349 e. The molecule has 1 aromatic heterocycles. The molecule has 1 amide bonds. The molecule has 0 bridgehead atoms. The van der Waals surface area contributed by atoms with Crippen molar-refractivity contribution >= 4 is 5.91 Å². The first-order valence-electron chi connectivity index (χ1n) is 7.43. The molecule has 1 aliphatic rings. The summed E-state index contributed by atoms with van der Waals surface area (Å²) < 4.78 is 1.74. The second kappa shape index (κ2) is 5.95. The fourth-order valence-corrected chi connectivity index (χ4v) is 2.83. The van der Waals surface area contributed by atoms with Crippen LogP contribution >= 0.6 is 0 Å². The third-order valence-corrected chi connectivity index (χ3v) is 4.46. The molecule has 1 saturated heterocycles. The summed E-state index contributed by atoms with van der Waals surface area (Å²) in [5.41, 5.74) is 1.60. The van der Waals surface area contributed by atoms with E-state index < -0.39 is 0 Å². The molecule has 1 aromatic rings. The summed E-state index contributed by atoms with van der Waals surface area (Å²) in [6, 6.07) is 0.840. The van der Waals surface area contributed by atoms with Crippen LogP contribution in [0.5, 0.6) is 0 Å². The molecule has 2 unspecified atom stereocenters. The summed E-state index contributed by atoms with van der Waals surface area (Å²) in [4.78, 5) is 14.8. The Balaban J connectivity index is 1.97. The van der Waals surface area contributed by atoms with E-state index in [0.717, 1.165) is 25.2 Å². The lowest BCUT2D eigenvalue weighted by atomic mass is 9.92. The predicted molar refractivity (Wildman–Crippen MR) is 79.7 cm³/mol. The molecule has 1 fully saturated rings. The lowest BCUT2D eigenvalue weighted by Crippen LogP contribution is -2.51. The molecule has 0 saturated carbocycles. The van der Waals surface area contributed by atoms with Gasteiger partial charge in [-0.1, -0.05) is 6.92 Å². The molecule has 112 valence electrons. The molecule has 2 rings (SSSR count). The first-order chi connectivity index (χ1) is 9.40. The first-order valence-corrected chi connectivity index (χ1v) is 7.43. The van der Waals surface area contributed by atoms with Crippen LogP contribution in [0.4, 0.5) is 0 Å². The normalized spacial score (nSPS) is 24.1. The Kier molecular flexibility index (Phi) is 4.48. The van der Waals surface area contributed by atoms with Gasteiger partial charge < -0.3 is 10.2 Å². The number of aromatic nitrogens is 2. The maximum Gasteiger partial charge on any atom is 0.254 e. The van der Waals surface area contributed by atoms with E-state index in [1.807, 2.05) is 14.0 Å². The summed E-state index contributed by atoms with van der Waals surface area (Å²) in [6.07, 6.45) is 2.67. The minimum atomic E-state index is 0.00504. The molecule has 2 atom stereocenters. The van der Waals surface area contributed by atoms with Gasteiger partial charge in [0, 0.05) is 37.9 Å². The topological polar surface area (TPSA) is 50.2 Å². The van der Waals surface area contributed by atoms with Crippen molar-refractivity contribution in [1.29, 1.82) is 0 Å². The van der Waals surface area contributed by atoms with Gasteiger partial charge in [-0.05, 0) is 33.1 Å². The van der Waals surface area contributed by atoms with Gasteiger partial charge in [-0.25, -0.2) is 0 Å². The number of nitrogens with zero attached hydrogens (tertiary/aromatic N) is 3. The zero-order valence-electron chi connectivity index (χ0n) is 13.2. The highest BCUT2D eigenvalue weighted by Crippen LogP contribution is 2.19. The number of rotatable bonds is 3. The SMILES string of the molecule is Cc1c(C(=O)NC2CCN(C(C)C)CC2C)cnn1C. The average Bonchev–Trinajstić information content (AvgIpc) is 2.72. The summed E-state index contributed by atoms with van der Waals surface area (Å²) >= 11 is 0. The number of piperidine rings is 1. The molecule has 5 nitrogen and oxygen atoms in total. The van der Waals surface area contributed by atoms with Crippen LogP contribution in [0.1, 0.15) is 43.2 Å². The monoisotopic (exact) mass is 278 g/mol. The maximum absolute atomic E-state index is 12.3. The Morgan fingerprint density at radius 1 is 1.50 bits per heavy atom. The molecule has 0 spiro atoms. The van der Waals surface area contributed by atoms with Crippen LogP contribution in [0.3, 0.4) is 0 Å². The fourth-order valence-electron chi connectivity index (χ4n) is 2.83. The number of hydrogen-bond acceptors (Lipinski definition) is 3. The quantitative estimate of drug-likeness (QED) is 0.913. The number of carbonyl (C=O) groups excluding carboxylic acids is 1. The summed E-state index contributed by atoms with van der Waals surface area (Å²) in [5, 5.41) is 7.31. The molecule has 2 heterocycles. The second-order valence-corrected chi connectivity index (χ2v) is 6.20. The number of likely N-dealkylation sites (tertiary alicyclic amines) is 1. The van der Waals surface area contributed by atoms with Crippen LogP contribution in [0, 0.1) is 12.8 Å². The Morgan fingerprint density at radius 2 is 2.20 bits per heavy atom. The van der Waals surface area contributed by atoms with E-state index in [9.17, 15) is 4.79 Å². The van der Waals surface area contributed by atoms with Crippen LogP contribution in [0.25, 0.3) is 0 Å². The van der Waals surface area contributed by atoms with Crippen LogP contribution < -0.4 is 5.32 Å². The maximum atomic E-state index is 12.3. The third-order valence-electron chi connectivity index (χ3n) is 4.46. The van der Waals surface area contributed by atoms with Crippen molar-refractivity contribution in [3.05, 3.63) is 17.5 Å². The summed E-state index contributed by atoms with van der Waals surface area (Å²) in [5.74, 6) is 0.484. The predicted octanol–water partition coefficient (Wildman–Crippen LogP) is 1.58. The van der Waals surface area contributed by atoms with E-state index in [2.05, 4.69) is 36.1 Å². The molecule has 1 N–H and O–H groups in total. The van der Waals surface area contributed by atoms with Gasteiger partial charge >= 0.3 is 0 Å². The van der Waals surface area contributed by atoms with Gasteiger partial charge in [0.25, 0.3) is 5.91 Å². The van der Waals surface area contributed by atoms with E-state index >= 15 is 0 Å². The summed E-state index contributed by atoms with van der Waals surface area (Å²) in [6.45, 7) is 10.7. The van der Waals surface area contributed by atoms with E-state index in [4.69, 9.17) is 0 Å².